The van der Waals surface area contributed by atoms with Gasteiger partial charge >= 0.3 is 0 Å². The van der Waals surface area contributed by atoms with E-state index in [1.807, 2.05) is 6.20 Å². The number of aromatic nitrogens is 1. The number of nitrogens with one attached hydrogen (secondary N) is 1. The normalized spacial score (nSPS) is 25.8. The summed E-state index contributed by atoms with van der Waals surface area (Å²) in [6.45, 7) is 8.07. The second-order valence-corrected chi connectivity index (χ2v) is 6.35. The number of hydrogen-bond donors (Lipinski definition) is 1. The first kappa shape index (κ1) is 13.5. The number of pyridine rings is 1. The van der Waals surface area contributed by atoms with Crippen molar-refractivity contribution in [1.82, 2.24) is 20.1 Å². The molecule has 1 atom stereocenters. The Bertz CT molecular complexity index is 402. The molecule has 0 spiro atoms. The van der Waals surface area contributed by atoms with Gasteiger partial charge in [-0.3, -0.25) is 14.8 Å². The van der Waals surface area contributed by atoms with E-state index in [-0.39, 0.29) is 0 Å². The van der Waals surface area contributed by atoms with Gasteiger partial charge in [-0.1, -0.05) is 0 Å². The number of rotatable bonds is 3. The minimum atomic E-state index is 0.748. The molecular formula is C14H21BrN4. The summed E-state index contributed by atoms with van der Waals surface area (Å²) in [6, 6.07) is 4.94. The summed E-state index contributed by atoms with van der Waals surface area (Å²) < 4.78 is 1.05. The Morgan fingerprint density at radius 1 is 1.26 bits per heavy atom. The fraction of sp³-hybridized carbons (Fsp3) is 0.643. The van der Waals surface area contributed by atoms with E-state index in [1.54, 1.807) is 0 Å². The average molecular weight is 325 g/mol. The molecule has 0 saturated carbocycles. The van der Waals surface area contributed by atoms with Crippen LogP contribution in [0.2, 0.25) is 0 Å². The molecule has 0 bridgehead atoms. The van der Waals surface area contributed by atoms with Crippen LogP contribution in [0.15, 0.2) is 22.8 Å². The van der Waals surface area contributed by atoms with E-state index >= 15 is 0 Å². The van der Waals surface area contributed by atoms with E-state index in [1.165, 1.54) is 38.3 Å². The number of nitrogens with zero attached hydrogens (tertiary/aromatic N) is 3. The zero-order chi connectivity index (χ0) is 13.1. The van der Waals surface area contributed by atoms with Crippen LogP contribution in [0.25, 0.3) is 0 Å². The summed E-state index contributed by atoms with van der Waals surface area (Å²) in [6.07, 6.45) is 3.19. The van der Waals surface area contributed by atoms with Crippen LogP contribution in [0.3, 0.4) is 0 Å². The maximum atomic E-state index is 4.47. The molecular weight excluding hydrogens is 304 g/mol. The average Bonchev–Trinajstić information content (AvgIpc) is 2.91. The first-order chi connectivity index (χ1) is 9.31. The van der Waals surface area contributed by atoms with E-state index in [9.17, 15) is 0 Å². The lowest BCUT2D eigenvalue weighted by Gasteiger charge is -2.32. The first-order valence-electron chi connectivity index (χ1n) is 7.09. The lowest BCUT2D eigenvalue weighted by atomic mass is 10.2. The van der Waals surface area contributed by atoms with Gasteiger partial charge in [-0.05, 0) is 34.5 Å². The molecule has 4 nitrogen and oxygen atoms in total. The molecule has 0 amide bonds. The molecule has 104 valence electrons. The van der Waals surface area contributed by atoms with Crippen molar-refractivity contribution in [2.75, 3.05) is 39.3 Å². The second kappa shape index (κ2) is 6.31. The minimum Gasteiger partial charge on any atom is -0.314 e. The van der Waals surface area contributed by atoms with E-state index in [4.69, 9.17) is 0 Å². The fourth-order valence-corrected chi connectivity index (χ4v) is 3.26. The third-order valence-corrected chi connectivity index (χ3v) is 4.56. The molecule has 3 rings (SSSR count). The third-order valence-electron chi connectivity index (χ3n) is 4.09. The van der Waals surface area contributed by atoms with Crippen LogP contribution in [0.1, 0.15) is 12.1 Å². The van der Waals surface area contributed by atoms with E-state index < -0.39 is 0 Å². The fourth-order valence-electron chi connectivity index (χ4n) is 3.03. The summed E-state index contributed by atoms with van der Waals surface area (Å²) in [4.78, 5) is 9.64. The predicted octanol–water partition coefficient (Wildman–Crippen LogP) is 1.32. The molecule has 2 fully saturated rings. The number of piperazine rings is 1. The van der Waals surface area contributed by atoms with Gasteiger partial charge < -0.3 is 5.32 Å². The Labute approximate surface area is 123 Å². The van der Waals surface area contributed by atoms with Gasteiger partial charge in [0.15, 0.2) is 0 Å². The van der Waals surface area contributed by atoms with Crippen LogP contribution in [-0.4, -0.2) is 60.1 Å². The number of likely N-dealkylation sites (tertiary alicyclic amines) is 1. The Morgan fingerprint density at radius 3 is 2.84 bits per heavy atom. The first-order valence-corrected chi connectivity index (χ1v) is 7.88. The van der Waals surface area contributed by atoms with Crippen molar-refractivity contribution in [2.45, 2.75) is 19.0 Å². The molecule has 0 aliphatic carbocycles. The van der Waals surface area contributed by atoms with E-state index in [2.05, 4.69) is 48.2 Å². The van der Waals surface area contributed by atoms with Crippen molar-refractivity contribution >= 4 is 15.9 Å². The third kappa shape index (κ3) is 3.54. The van der Waals surface area contributed by atoms with Crippen LogP contribution in [0.4, 0.5) is 0 Å². The van der Waals surface area contributed by atoms with Gasteiger partial charge in [0, 0.05) is 62.5 Å². The summed E-state index contributed by atoms with van der Waals surface area (Å²) in [5.41, 5.74) is 1.17. The van der Waals surface area contributed by atoms with Gasteiger partial charge in [-0.15, -0.1) is 0 Å². The maximum absolute atomic E-state index is 4.47. The molecule has 5 heteroatoms. The van der Waals surface area contributed by atoms with Crippen LogP contribution in [0.5, 0.6) is 0 Å². The Hall–Kier alpha value is -0.490. The molecule has 1 aromatic heterocycles. The lowest BCUT2D eigenvalue weighted by Crippen LogP contribution is -2.49. The molecule has 1 unspecified atom stereocenters. The van der Waals surface area contributed by atoms with Crippen molar-refractivity contribution in [1.29, 1.82) is 0 Å². The Kier molecular flexibility index (Phi) is 4.48. The summed E-state index contributed by atoms with van der Waals surface area (Å²) in [5.74, 6) is 0. The highest BCUT2D eigenvalue weighted by atomic mass is 79.9. The molecule has 2 aliphatic rings. The summed E-state index contributed by atoms with van der Waals surface area (Å²) in [5, 5.41) is 3.42. The van der Waals surface area contributed by atoms with Gasteiger partial charge in [0.25, 0.3) is 0 Å². The van der Waals surface area contributed by atoms with Crippen molar-refractivity contribution in [3.63, 3.8) is 0 Å². The largest absolute Gasteiger partial charge is 0.314 e. The summed E-state index contributed by atoms with van der Waals surface area (Å²) >= 11 is 3.43. The van der Waals surface area contributed by atoms with Crippen molar-refractivity contribution in [2.24, 2.45) is 0 Å². The van der Waals surface area contributed by atoms with Crippen LogP contribution >= 0.6 is 15.9 Å². The van der Waals surface area contributed by atoms with Crippen LogP contribution in [-0.2, 0) is 6.54 Å². The van der Waals surface area contributed by atoms with Gasteiger partial charge in [0.2, 0.25) is 0 Å². The Morgan fingerprint density at radius 2 is 2.11 bits per heavy atom. The zero-order valence-corrected chi connectivity index (χ0v) is 12.8. The molecule has 0 aromatic carbocycles. The molecule has 2 aliphatic heterocycles. The van der Waals surface area contributed by atoms with E-state index in [0.29, 0.717) is 0 Å². The molecule has 1 N–H and O–H groups in total. The lowest BCUT2D eigenvalue weighted by molar-refractivity contribution is 0.170. The molecule has 19 heavy (non-hydrogen) atoms. The molecule has 3 heterocycles. The molecule has 2 saturated heterocycles. The van der Waals surface area contributed by atoms with Crippen molar-refractivity contribution in [3.05, 3.63) is 28.5 Å². The number of hydrogen-bond acceptors (Lipinski definition) is 4. The van der Waals surface area contributed by atoms with Crippen LogP contribution in [0, 0.1) is 0 Å². The SMILES string of the molecule is Brc1ccc(CN2CCC(N3CCNCC3)C2)nc1. The smallest absolute Gasteiger partial charge is 0.0544 e. The predicted molar refractivity (Wildman–Crippen MR) is 80.1 cm³/mol. The summed E-state index contributed by atoms with van der Waals surface area (Å²) in [7, 11) is 0. The monoisotopic (exact) mass is 324 g/mol. The Balaban J connectivity index is 1.52. The number of halogens is 1. The second-order valence-electron chi connectivity index (χ2n) is 5.43. The van der Waals surface area contributed by atoms with Crippen LogP contribution < -0.4 is 5.32 Å². The van der Waals surface area contributed by atoms with Gasteiger partial charge in [0.1, 0.15) is 0 Å². The van der Waals surface area contributed by atoms with Gasteiger partial charge in [0.05, 0.1) is 5.69 Å². The maximum Gasteiger partial charge on any atom is 0.0544 e. The molecule has 1 aromatic rings. The standard InChI is InChI=1S/C14H21BrN4/c15-12-1-2-13(17-9-12)10-18-6-3-14(11-18)19-7-4-16-5-8-19/h1-2,9,14,16H,3-8,10-11H2. The highest BCUT2D eigenvalue weighted by Gasteiger charge is 2.28. The van der Waals surface area contributed by atoms with E-state index in [0.717, 1.165) is 30.1 Å². The van der Waals surface area contributed by atoms with Gasteiger partial charge in [-0.25, -0.2) is 0 Å². The van der Waals surface area contributed by atoms with Crippen molar-refractivity contribution < 1.29 is 0 Å². The quantitative estimate of drug-likeness (QED) is 0.908. The van der Waals surface area contributed by atoms with Gasteiger partial charge in [-0.2, -0.15) is 0 Å². The zero-order valence-electron chi connectivity index (χ0n) is 11.2. The van der Waals surface area contributed by atoms with Crippen molar-refractivity contribution in [3.8, 4) is 0 Å². The topological polar surface area (TPSA) is 31.4 Å². The highest BCUT2D eigenvalue weighted by molar-refractivity contribution is 9.10. The highest BCUT2D eigenvalue weighted by Crippen LogP contribution is 2.18. The molecule has 0 radical (unpaired) electrons. The minimum absolute atomic E-state index is 0.748.